The third-order valence-electron chi connectivity index (χ3n) is 4.95. The number of amides is 4. The number of rotatable bonds is 6. The summed E-state index contributed by atoms with van der Waals surface area (Å²) < 4.78 is 0. The molecule has 31 heavy (non-hydrogen) atoms. The largest absolute Gasteiger partial charge is 0.344 e. The number of imide groups is 1. The van der Waals surface area contributed by atoms with Gasteiger partial charge in [-0.25, -0.2) is 4.79 Å². The smallest absolute Gasteiger partial charge is 0.318 e. The van der Waals surface area contributed by atoms with Crippen LogP contribution in [0.5, 0.6) is 0 Å². The van der Waals surface area contributed by atoms with Gasteiger partial charge in [-0.05, 0) is 29.3 Å². The van der Waals surface area contributed by atoms with Crippen LogP contribution < -0.4 is 10.7 Å². The first kappa shape index (κ1) is 20.5. The van der Waals surface area contributed by atoms with Crippen LogP contribution in [-0.2, 0) is 21.7 Å². The van der Waals surface area contributed by atoms with Gasteiger partial charge in [-0.15, -0.1) is 10.2 Å². The van der Waals surface area contributed by atoms with Gasteiger partial charge in [-0.1, -0.05) is 61.0 Å². The molecule has 0 spiro atoms. The van der Waals surface area contributed by atoms with Gasteiger partial charge in [0, 0.05) is 10.6 Å². The summed E-state index contributed by atoms with van der Waals surface area (Å²) in [6.07, 6.45) is 0.321. The monoisotopic (exact) mass is 439 g/mol. The summed E-state index contributed by atoms with van der Waals surface area (Å²) in [5.41, 5.74) is 2.37. The Bertz CT molecular complexity index is 1150. The predicted molar refractivity (Wildman–Crippen MR) is 110 cm³/mol. The lowest BCUT2D eigenvalue weighted by Gasteiger charge is -2.25. The Balaban J connectivity index is 1.47. The van der Waals surface area contributed by atoms with Crippen molar-refractivity contribution in [3.8, 4) is 11.4 Å². The molecule has 1 unspecified atom stereocenters. The molecular formula is C20H18ClN7O3. The normalized spacial score (nSPS) is 18.2. The Labute approximate surface area is 182 Å². The highest BCUT2D eigenvalue weighted by molar-refractivity contribution is 6.30. The Morgan fingerprint density at radius 2 is 1.94 bits per heavy atom. The molecule has 1 aromatic heterocycles. The van der Waals surface area contributed by atoms with E-state index in [1.165, 1.54) is 0 Å². The van der Waals surface area contributed by atoms with Crippen molar-refractivity contribution < 1.29 is 14.4 Å². The van der Waals surface area contributed by atoms with Crippen molar-refractivity contribution in [1.29, 1.82) is 0 Å². The highest BCUT2D eigenvalue weighted by atomic mass is 35.5. The van der Waals surface area contributed by atoms with E-state index < -0.39 is 23.4 Å². The fraction of sp³-hybridized carbons (Fsp3) is 0.200. The molecule has 1 fully saturated rings. The minimum atomic E-state index is -1.24. The quantitative estimate of drug-likeness (QED) is 0.565. The van der Waals surface area contributed by atoms with Gasteiger partial charge in [0.05, 0.1) is 0 Å². The van der Waals surface area contributed by atoms with E-state index >= 15 is 0 Å². The number of hydrogen-bond donors (Lipinski definition) is 2. The van der Waals surface area contributed by atoms with E-state index in [9.17, 15) is 14.4 Å². The van der Waals surface area contributed by atoms with Crippen LogP contribution in [0, 0.1) is 0 Å². The molecule has 3 aromatic rings. The highest BCUT2D eigenvalue weighted by Crippen LogP contribution is 2.31. The van der Waals surface area contributed by atoms with Crippen LogP contribution in [0.1, 0.15) is 18.9 Å². The van der Waals surface area contributed by atoms with Gasteiger partial charge in [0.1, 0.15) is 12.1 Å². The zero-order valence-electron chi connectivity index (χ0n) is 16.4. The Hall–Kier alpha value is -3.79. The molecule has 0 saturated carbocycles. The number of hydrazine groups is 1. The molecule has 1 aliphatic heterocycles. The van der Waals surface area contributed by atoms with E-state index in [1.807, 2.05) is 6.07 Å². The van der Waals surface area contributed by atoms with Gasteiger partial charge < -0.3 is 5.32 Å². The summed E-state index contributed by atoms with van der Waals surface area (Å²) in [6.45, 7) is 1.45. The number of nitrogens with zero attached hydrogens (tertiary/aromatic N) is 5. The van der Waals surface area contributed by atoms with Gasteiger partial charge in [0.2, 0.25) is 5.82 Å². The first-order valence-corrected chi connectivity index (χ1v) is 9.86. The number of halogens is 1. The topological polar surface area (TPSA) is 122 Å². The number of tetrazole rings is 1. The van der Waals surface area contributed by atoms with Crippen molar-refractivity contribution in [3.05, 3.63) is 65.2 Å². The first-order valence-electron chi connectivity index (χ1n) is 9.48. The molecule has 158 valence electrons. The van der Waals surface area contributed by atoms with E-state index in [1.54, 1.807) is 55.5 Å². The molecule has 0 aliphatic carbocycles. The molecule has 1 saturated heterocycles. The van der Waals surface area contributed by atoms with E-state index in [-0.39, 0.29) is 6.54 Å². The molecule has 10 nitrogen and oxygen atoms in total. The minimum absolute atomic E-state index is 0.291. The summed E-state index contributed by atoms with van der Waals surface area (Å²) in [5, 5.41) is 15.8. The zero-order chi connectivity index (χ0) is 22.0. The van der Waals surface area contributed by atoms with Crippen molar-refractivity contribution >= 4 is 29.4 Å². The number of carbonyl (C=O) groups excluding carboxylic acids is 3. The molecule has 4 amide bonds. The van der Waals surface area contributed by atoms with Crippen LogP contribution in [0.2, 0.25) is 5.02 Å². The summed E-state index contributed by atoms with van der Waals surface area (Å²) in [6, 6.07) is 15.1. The SMILES string of the molecule is CCC1(c2ccccc2)NC(=O)N(NC(=O)Cn2nnc(-c3cccc(Cl)c3)n2)C1=O. The van der Waals surface area contributed by atoms with Crippen molar-refractivity contribution in [2.75, 3.05) is 0 Å². The van der Waals surface area contributed by atoms with E-state index in [0.29, 0.717) is 33.4 Å². The molecule has 2 aromatic carbocycles. The summed E-state index contributed by atoms with van der Waals surface area (Å²) >= 11 is 5.97. The lowest BCUT2D eigenvalue weighted by molar-refractivity contribution is -0.139. The second-order valence-electron chi connectivity index (χ2n) is 6.88. The average Bonchev–Trinajstić information content (AvgIpc) is 3.33. The van der Waals surface area contributed by atoms with Crippen molar-refractivity contribution in [2.24, 2.45) is 0 Å². The van der Waals surface area contributed by atoms with Crippen molar-refractivity contribution in [2.45, 2.75) is 25.4 Å². The van der Waals surface area contributed by atoms with Crippen molar-refractivity contribution in [1.82, 2.24) is 36.0 Å². The number of nitrogens with one attached hydrogen (secondary N) is 2. The minimum Gasteiger partial charge on any atom is -0.318 e. The molecule has 2 heterocycles. The molecule has 4 rings (SSSR count). The maximum Gasteiger partial charge on any atom is 0.344 e. The number of carbonyl (C=O) groups is 3. The summed E-state index contributed by atoms with van der Waals surface area (Å²) in [5.74, 6) is -0.927. The van der Waals surface area contributed by atoms with Gasteiger partial charge in [-0.2, -0.15) is 9.81 Å². The van der Waals surface area contributed by atoms with Crippen LogP contribution >= 0.6 is 11.6 Å². The first-order chi connectivity index (χ1) is 14.9. The molecular weight excluding hydrogens is 422 g/mol. The van der Waals surface area contributed by atoms with Crippen LogP contribution in [0.25, 0.3) is 11.4 Å². The molecule has 1 atom stereocenters. The summed E-state index contributed by atoms with van der Waals surface area (Å²) in [4.78, 5) is 39.0. The van der Waals surface area contributed by atoms with Crippen LogP contribution in [-0.4, -0.2) is 43.1 Å². The molecule has 11 heteroatoms. The lowest BCUT2D eigenvalue weighted by Crippen LogP contribution is -2.49. The standard InChI is InChI=1S/C20H18ClN7O3/c1-2-20(14-8-4-3-5-9-14)18(30)28(19(31)22-20)24-16(29)12-27-25-17(23-26-27)13-7-6-10-15(21)11-13/h3-11H,2,12H2,1H3,(H,22,31)(H,24,29). The Morgan fingerprint density at radius 3 is 2.65 bits per heavy atom. The van der Waals surface area contributed by atoms with Crippen molar-refractivity contribution in [3.63, 3.8) is 0 Å². The fourth-order valence-corrected chi connectivity index (χ4v) is 3.57. The van der Waals surface area contributed by atoms with Crippen LogP contribution in [0.3, 0.4) is 0 Å². The number of aromatic nitrogens is 4. The summed E-state index contributed by atoms with van der Waals surface area (Å²) in [7, 11) is 0. The number of benzene rings is 2. The second kappa shape index (κ2) is 8.15. The fourth-order valence-electron chi connectivity index (χ4n) is 3.38. The number of urea groups is 1. The van der Waals surface area contributed by atoms with Crippen LogP contribution in [0.4, 0.5) is 4.79 Å². The predicted octanol–water partition coefficient (Wildman–Crippen LogP) is 1.88. The third-order valence-corrected chi connectivity index (χ3v) is 5.18. The van der Waals surface area contributed by atoms with Crippen LogP contribution in [0.15, 0.2) is 54.6 Å². The Kier molecular flexibility index (Phi) is 5.38. The molecule has 1 aliphatic rings. The van der Waals surface area contributed by atoms with Gasteiger partial charge >= 0.3 is 6.03 Å². The lowest BCUT2D eigenvalue weighted by atomic mass is 9.87. The van der Waals surface area contributed by atoms with E-state index in [2.05, 4.69) is 26.2 Å². The van der Waals surface area contributed by atoms with E-state index in [4.69, 9.17) is 11.6 Å². The number of hydrogen-bond acceptors (Lipinski definition) is 6. The van der Waals surface area contributed by atoms with Gasteiger partial charge in [0.15, 0.2) is 0 Å². The van der Waals surface area contributed by atoms with E-state index in [0.717, 1.165) is 4.80 Å². The second-order valence-corrected chi connectivity index (χ2v) is 7.32. The Morgan fingerprint density at radius 1 is 1.16 bits per heavy atom. The average molecular weight is 440 g/mol. The highest BCUT2D eigenvalue weighted by Gasteiger charge is 2.52. The maximum absolute atomic E-state index is 13.0. The third kappa shape index (κ3) is 3.84. The van der Waals surface area contributed by atoms with Gasteiger partial charge in [-0.3, -0.25) is 15.0 Å². The molecule has 0 radical (unpaired) electrons. The van der Waals surface area contributed by atoms with Gasteiger partial charge in [0.25, 0.3) is 11.8 Å². The maximum atomic E-state index is 13.0. The molecule has 0 bridgehead atoms. The zero-order valence-corrected chi connectivity index (χ0v) is 17.2. The molecule has 2 N–H and O–H groups in total.